The van der Waals surface area contributed by atoms with E-state index in [4.69, 9.17) is 4.74 Å². The molecule has 1 aliphatic rings. The van der Waals surface area contributed by atoms with E-state index < -0.39 is 0 Å². The van der Waals surface area contributed by atoms with Gasteiger partial charge in [-0.15, -0.1) is 23.5 Å². The molecule has 0 N–H and O–H groups in total. The summed E-state index contributed by atoms with van der Waals surface area (Å²) < 4.78 is 8.28. The molecule has 3 heterocycles. The number of fused-ring (bicyclic) bond motifs is 1. The maximum Gasteiger partial charge on any atom is 0.250 e. The van der Waals surface area contributed by atoms with Gasteiger partial charge in [-0.1, -0.05) is 12.1 Å². The first-order chi connectivity index (χ1) is 10.8. The molecule has 0 aliphatic carbocycles. The Kier molecular flexibility index (Phi) is 3.67. The van der Waals surface area contributed by atoms with Crippen molar-refractivity contribution in [3.05, 3.63) is 42.5 Å². The van der Waals surface area contributed by atoms with Crippen LogP contribution in [0.4, 0.5) is 0 Å². The van der Waals surface area contributed by atoms with Crippen LogP contribution in [0.5, 0.6) is 11.6 Å². The number of ether oxygens (including phenoxy) is 1. The van der Waals surface area contributed by atoms with Gasteiger partial charge in [0, 0.05) is 18.6 Å². The Labute approximate surface area is 136 Å². The highest BCUT2D eigenvalue weighted by Crippen LogP contribution is 2.45. The molecule has 112 valence electrons. The van der Waals surface area contributed by atoms with Gasteiger partial charge in [0.15, 0.2) is 11.2 Å². The van der Waals surface area contributed by atoms with Crippen molar-refractivity contribution < 1.29 is 4.74 Å². The molecular formula is C15H14N4OS2. The third-order valence-electron chi connectivity index (χ3n) is 3.45. The zero-order valence-corrected chi connectivity index (χ0v) is 13.6. The second-order valence-corrected chi connectivity index (χ2v) is 7.68. The lowest BCUT2D eigenvalue weighted by molar-refractivity contribution is 0.467. The number of hydrogen-bond donors (Lipinski definition) is 0. The normalized spacial score (nSPS) is 15.5. The van der Waals surface area contributed by atoms with Gasteiger partial charge in [0.2, 0.25) is 0 Å². The molecule has 0 bridgehead atoms. The van der Waals surface area contributed by atoms with Crippen molar-refractivity contribution in [3.8, 4) is 11.6 Å². The highest BCUT2D eigenvalue weighted by atomic mass is 32.2. The smallest absolute Gasteiger partial charge is 0.250 e. The van der Waals surface area contributed by atoms with Crippen molar-refractivity contribution in [3.63, 3.8) is 0 Å². The first-order valence-electron chi connectivity index (χ1n) is 6.94. The Hall–Kier alpha value is -1.73. The SMILES string of the molecule is Cn1cnc2c(Oc3ccc(C4SCCS4)cc3)ncnc21. The average molecular weight is 330 g/mol. The van der Waals surface area contributed by atoms with Gasteiger partial charge in [-0.25, -0.2) is 9.97 Å². The molecule has 7 heteroatoms. The van der Waals surface area contributed by atoms with Gasteiger partial charge in [-0.3, -0.25) is 0 Å². The first-order valence-corrected chi connectivity index (χ1v) is 9.04. The van der Waals surface area contributed by atoms with E-state index in [1.165, 1.54) is 23.4 Å². The van der Waals surface area contributed by atoms with Crippen LogP contribution in [0.15, 0.2) is 36.9 Å². The Morgan fingerprint density at radius 3 is 2.64 bits per heavy atom. The fourth-order valence-electron chi connectivity index (χ4n) is 2.35. The summed E-state index contributed by atoms with van der Waals surface area (Å²) >= 11 is 4.00. The van der Waals surface area contributed by atoms with Crippen LogP contribution in [0.3, 0.4) is 0 Å². The van der Waals surface area contributed by atoms with Gasteiger partial charge in [-0.05, 0) is 17.7 Å². The van der Waals surface area contributed by atoms with Crippen molar-refractivity contribution in [2.75, 3.05) is 11.5 Å². The number of rotatable bonds is 3. The zero-order valence-electron chi connectivity index (χ0n) is 12.0. The van der Waals surface area contributed by atoms with Gasteiger partial charge in [-0.2, -0.15) is 4.98 Å². The number of aromatic nitrogens is 4. The third-order valence-corrected chi connectivity index (χ3v) is 6.56. The average Bonchev–Trinajstić information content (AvgIpc) is 3.19. The molecule has 1 aromatic carbocycles. The Morgan fingerprint density at radius 1 is 1.09 bits per heavy atom. The predicted molar refractivity (Wildman–Crippen MR) is 90.5 cm³/mol. The van der Waals surface area contributed by atoms with Gasteiger partial charge in [0.05, 0.1) is 10.9 Å². The quantitative estimate of drug-likeness (QED) is 0.731. The van der Waals surface area contributed by atoms with Crippen LogP contribution < -0.4 is 4.74 Å². The van der Waals surface area contributed by atoms with Gasteiger partial charge >= 0.3 is 0 Å². The molecule has 4 rings (SSSR count). The van der Waals surface area contributed by atoms with Crippen molar-refractivity contribution in [1.82, 2.24) is 19.5 Å². The Morgan fingerprint density at radius 2 is 1.86 bits per heavy atom. The molecule has 0 saturated carbocycles. The molecule has 0 spiro atoms. The van der Waals surface area contributed by atoms with Gasteiger partial charge in [0.1, 0.15) is 12.1 Å². The summed E-state index contributed by atoms with van der Waals surface area (Å²) in [6.45, 7) is 0. The van der Waals surface area contributed by atoms with Crippen molar-refractivity contribution in [2.24, 2.45) is 7.05 Å². The predicted octanol–water partition coefficient (Wildman–Crippen LogP) is 3.63. The third kappa shape index (κ3) is 2.55. The number of aryl methyl sites for hydroxylation is 1. The topological polar surface area (TPSA) is 52.8 Å². The zero-order chi connectivity index (χ0) is 14.9. The number of nitrogens with zero attached hydrogens (tertiary/aromatic N) is 4. The second kappa shape index (κ2) is 5.81. The van der Waals surface area contributed by atoms with Crippen LogP contribution in [0.1, 0.15) is 10.1 Å². The number of hydrogen-bond acceptors (Lipinski definition) is 6. The maximum atomic E-state index is 5.88. The summed E-state index contributed by atoms with van der Waals surface area (Å²) in [4.78, 5) is 12.7. The molecule has 0 amide bonds. The van der Waals surface area contributed by atoms with Crippen molar-refractivity contribution in [1.29, 1.82) is 0 Å². The summed E-state index contributed by atoms with van der Waals surface area (Å²) in [5.74, 6) is 3.71. The highest BCUT2D eigenvalue weighted by molar-refractivity contribution is 8.19. The lowest BCUT2D eigenvalue weighted by Crippen LogP contribution is -1.93. The molecule has 1 fully saturated rings. The van der Waals surface area contributed by atoms with E-state index in [-0.39, 0.29) is 0 Å². The van der Waals surface area contributed by atoms with Gasteiger partial charge < -0.3 is 9.30 Å². The fourth-order valence-corrected chi connectivity index (χ4v) is 5.21. The molecule has 3 aromatic rings. The van der Waals surface area contributed by atoms with E-state index in [1.807, 2.05) is 47.3 Å². The van der Waals surface area contributed by atoms with E-state index in [0.717, 1.165) is 11.4 Å². The van der Waals surface area contributed by atoms with E-state index >= 15 is 0 Å². The Bertz CT molecular complexity index is 797. The molecule has 5 nitrogen and oxygen atoms in total. The minimum absolute atomic E-state index is 0.489. The molecule has 1 aliphatic heterocycles. The summed E-state index contributed by atoms with van der Waals surface area (Å²) in [6, 6.07) is 8.24. The van der Waals surface area contributed by atoms with E-state index in [0.29, 0.717) is 16.0 Å². The maximum absolute atomic E-state index is 5.88. The molecule has 0 atom stereocenters. The summed E-state index contributed by atoms with van der Waals surface area (Å²) in [7, 11) is 1.90. The lowest BCUT2D eigenvalue weighted by atomic mass is 10.2. The van der Waals surface area contributed by atoms with Crippen LogP contribution in [-0.2, 0) is 7.05 Å². The molecule has 22 heavy (non-hydrogen) atoms. The molecule has 2 aromatic heterocycles. The second-order valence-electron chi connectivity index (χ2n) is 4.95. The summed E-state index contributed by atoms with van der Waals surface area (Å²) in [6.07, 6.45) is 3.21. The highest BCUT2D eigenvalue weighted by Gasteiger charge is 2.18. The molecule has 0 radical (unpaired) electrons. The monoisotopic (exact) mass is 330 g/mol. The largest absolute Gasteiger partial charge is 0.437 e. The number of imidazole rings is 1. The minimum atomic E-state index is 0.489. The van der Waals surface area contributed by atoms with Crippen molar-refractivity contribution in [2.45, 2.75) is 4.58 Å². The molecule has 0 unspecified atom stereocenters. The lowest BCUT2D eigenvalue weighted by Gasteiger charge is -2.09. The van der Waals surface area contributed by atoms with Gasteiger partial charge in [0.25, 0.3) is 5.88 Å². The Balaban J connectivity index is 1.59. The van der Waals surface area contributed by atoms with E-state index in [9.17, 15) is 0 Å². The van der Waals surface area contributed by atoms with E-state index in [2.05, 4.69) is 27.1 Å². The minimum Gasteiger partial charge on any atom is -0.437 e. The summed E-state index contributed by atoms with van der Waals surface area (Å²) in [5.41, 5.74) is 2.78. The van der Waals surface area contributed by atoms with E-state index in [1.54, 1.807) is 6.33 Å². The van der Waals surface area contributed by atoms with Crippen molar-refractivity contribution >= 4 is 34.7 Å². The van der Waals surface area contributed by atoms with Crippen LogP contribution in [0.2, 0.25) is 0 Å². The number of benzene rings is 1. The fraction of sp³-hybridized carbons (Fsp3) is 0.267. The van der Waals surface area contributed by atoms with Crippen LogP contribution in [-0.4, -0.2) is 31.0 Å². The first kappa shape index (κ1) is 13.9. The molecule has 1 saturated heterocycles. The van der Waals surface area contributed by atoms with Crippen LogP contribution >= 0.6 is 23.5 Å². The number of thioether (sulfide) groups is 2. The van der Waals surface area contributed by atoms with Crippen LogP contribution in [0, 0.1) is 0 Å². The summed E-state index contributed by atoms with van der Waals surface area (Å²) in [5, 5.41) is 0. The van der Waals surface area contributed by atoms with Crippen LogP contribution in [0.25, 0.3) is 11.2 Å². The standard InChI is InChI=1S/C15H14N4OS2/c1-19-9-18-12-13(19)16-8-17-14(12)20-11-4-2-10(3-5-11)15-21-6-7-22-15/h2-5,8-9,15H,6-7H2,1H3. The molecular weight excluding hydrogens is 316 g/mol.